The van der Waals surface area contributed by atoms with Gasteiger partial charge in [0.25, 0.3) is 11.6 Å². The van der Waals surface area contributed by atoms with Crippen molar-refractivity contribution < 1.29 is 33.5 Å². The summed E-state index contributed by atoms with van der Waals surface area (Å²) in [5.41, 5.74) is 0.123. The molecular formula is C20H20N2O8. The molecule has 10 heteroatoms. The number of amides is 1. The number of methoxy groups -OCH3 is 1. The molecule has 0 heterocycles. The standard InChI is InChI=1S/C20H20N2O8/c1-12(23)14-8-9-17(18(10-14)28-3)29-11-19(24)30-13(2)20(25)21-15-6-4-5-7-16(15)22(26)27/h4-10,13H,11H2,1-3H3,(H,21,25)/t13-/m0/s1. The summed E-state index contributed by atoms with van der Waals surface area (Å²) >= 11 is 0. The number of Topliss-reactive ketones (excluding diaryl/α,β-unsaturated/α-hetero) is 1. The number of nitro benzene ring substituents is 1. The summed E-state index contributed by atoms with van der Waals surface area (Å²) in [7, 11) is 1.39. The van der Waals surface area contributed by atoms with Gasteiger partial charge in [0.1, 0.15) is 5.69 Å². The second-order valence-corrected chi connectivity index (χ2v) is 6.11. The number of ketones is 1. The van der Waals surface area contributed by atoms with Crippen molar-refractivity contribution in [2.24, 2.45) is 0 Å². The molecule has 1 amide bonds. The van der Waals surface area contributed by atoms with Gasteiger partial charge in [0.15, 0.2) is 30.0 Å². The lowest BCUT2D eigenvalue weighted by Gasteiger charge is -2.15. The third-order valence-electron chi connectivity index (χ3n) is 3.95. The molecule has 0 aliphatic rings. The Labute approximate surface area is 171 Å². The molecule has 30 heavy (non-hydrogen) atoms. The van der Waals surface area contributed by atoms with E-state index < -0.39 is 29.5 Å². The molecule has 0 saturated heterocycles. The number of nitro groups is 1. The topological polar surface area (TPSA) is 134 Å². The van der Waals surface area contributed by atoms with E-state index in [1.807, 2.05) is 0 Å². The van der Waals surface area contributed by atoms with Crippen LogP contribution in [-0.4, -0.2) is 42.4 Å². The number of carbonyl (C=O) groups excluding carboxylic acids is 3. The number of esters is 1. The highest BCUT2D eigenvalue weighted by Crippen LogP contribution is 2.28. The molecule has 0 fully saturated rings. The molecule has 0 aliphatic heterocycles. The number of para-hydroxylation sites is 2. The molecule has 0 radical (unpaired) electrons. The SMILES string of the molecule is COc1cc(C(C)=O)ccc1OCC(=O)O[C@@H](C)C(=O)Nc1ccccc1[N+](=O)[O-]. The third-order valence-corrected chi connectivity index (χ3v) is 3.95. The van der Waals surface area contributed by atoms with Gasteiger partial charge in [-0.25, -0.2) is 4.79 Å². The second kappa shape index (κ2) is 10.0. The van der Waals surface area contributed by atoms with Crippen molar-refractivity contribution >= 4 is 29.0 Å². The Kier molecular flexibility index (Phi) is 7.45. The van der Waals surface area contributed by atoms with Gasteiger partial charge in [-0.2, -0.15) is 0 Å². The van der Waals surface area contributed by atoms with Gasteiger partial charge in [-0.15, -0.1) is 0 Å². The van der Waals surface area contributed by atoms with Gasteiger partial charge in [0, 0.05) is 11.6 Å². The average Bonchev–Trinajstić information content (AvgIpc) is 2.72. The molecular weight excluding hydrogens is 396 g/mol. The van der Waals surface area contributed by atoms with Crippen LogP contribution in [0.15, 0.2) is 42.5 Å². The van der Waals surface area contributed by atoms with Crippen molar-refractivity contribution in [3.63, 3.8) is 0 Å². The van der Waals surface area contributed by atoms with E-state index in [1.165, 1.54) is 63.4 Å². The van der Waals surface area contributed by atoms with Gasteiger partial charge in [-0.05, 0) is 38.1 Å². The molecule has 2 rings (SSSR count). The fraction of sp³-hybridized carbons (Fsp3) is 0.250. The summed E-state index contributed by atoms with van der Waals surface area (Å²) in [6, 6.07) is 10.1. The molecule has 158 valence electrons. The minimum absolute atomic E-state index is 0.0121. The van der Waals surface area contributed by atoms with Crippen LogP contribution in [0.3, 0.4) is 0 Å². The van der Waals surface area contributed by atoms with Gasteiger partial charge in [0.2, 0.25) is 0 Å². The summed E-state index contributed by atoms with van der Waals surface area (Å²) in [6.45, 7) is 2.21. The molecule has 2 aromatic rings. The van der Waals surface area contributed by atoms with Gasteiger partial charge in [-0.1, -0.05) is 12.1 Å². The van der Waals surface area contributed by atoms with Crippen LogP contribution in [0, 0.1) is 10.1 Å². The number of anilines is 1. The van der Waals surface area contributed by atoms with E-state index in [9.17, 15) is 24.5 Å². The first-order chi connectivity index (χ1) is 14.2. The van der Waals surface area contributed by atoms with Crippen LogP contribution in [-0.2, 0) is 14.3 Å². The molecule has 0 aromatic heterocycles. The van der Waals surface area contributed by atoms with E-state index >= 15 is 0 Å². The summed E-state index contributed by atoms with van der Waals surface area (Å²) in [5.74, 6) is -1.24. The second-order valence-electron chi connectivity index (χ2n) is 6.11. The Balaban J connectivity index is 1.94. The Hall–Kier alpha value is -3.95. The normalized spacial score (nSPS) is 11.2. The zero-order valence-electron chi connectivity index (χ0n) is 16.5. The average molecular weight is 416 g/mol. The van der Waals surface area contributed by atoms with Crippen LogP contribution >= 0.6 is 0 Å². The molecule has 2 aromatic carbocycles. The monoisotopic (exact) mass is 416 g/mol. The van der Waals surface area contributed by atoms with E-state index in [0.717, 1.165) is 0 Å². The predicted molar refractivity (Wildman–Crippen MR) is 106 cm³/mol. The van der Waals surface area contributed by atoms with E-state index in [0.29, 0.717) is 5.56 Å². The molecule has 0 aliphatic carbocycles. The molecule has 1 atom stereocenters. The van der Waals surface area contributed by atoms with E-state index in [4.69, 9.17) is 14.2 Å². The number of ether oxygens (including phenoxy) is 3. The van der Waals surface area contributed by atoms with Crippen LogP contribution in [0.25, 0.3) is 0 Å². The minimum Gasteiger partial charge on any atom is -0.493 e. The van der Waals surface area contributed by atoms with Crippen molar-refractivity contribution in [3.05, 3.63) is 58.1 Å². The van der Waals surface area contributed by atoms with Crippen molar-refractivity contribution in [2.45, 2.75) is 20.0 Å². The minimum atomic E-state index is -1.22. The zero-order valence-corrected chi connectivity index (χ0v) is 16.5. The quantitative estimate of drug-likeness (QED) is 0.285. The highest BCUT2D eigenvalue weighted by atomic mass is 16.6. The maximum Gasteiger partial charge on any atom is 0.344 e. The van der Waals surface area contributed by atoms with E-state index in [1.54, 1.807) is 0 Å². The Morgan fingerprint density at radius 2 is 1.83 bits per heavy atom. The van der Waals surface area contributed by atoms with Crippen LogP contribution < -0.4 is 14.8 Å². The number of rotatable bonds is 9. The number of carbonyl (C=O) groups is 3. The van der Waals surface area contributed by atoms with Crippen LogP contribution in [0.1, 0.15) is 24.2 Å². The molecule has 0 unspecified atom stereocenters. The molecule has 1 N–H and O–H groups in total. The van der Waals surface area contributed by atoms with Crippen LogP contribution in [0.5, 0.6) is 11.5 Å². The third kappa shape index (κ3) is 5.77. The van der Waals surface area contributed by atoms with Crippen LogP contribution in [0.2, 0.25) is 0 Å². The van der Waals surface area contributed by atoms with Crippen molar-refractivity contribution in [2.75, 3.05) is 19.0 Å². The molecule has 0 bridgehead atoms. The number of benzene rings is 2. The molecule has 0 saturated carbocycles. The van der Waals surface area contributed by atoms with Gasteiger partial charge in [-0.3, -0.25) is 19.7 Å². The highest BCUT2D eigenvalue weighted by Gasteiger charge is 2.22. The van der Waals surface area contributed by atoms with Crippen molar-refractivity contribution in [1.29, 1.82) is 0 Å². The zero-order chi connectivity index (χ0) is 22.3. The summed E-state index contributed by atoms with van der Waals surface area (Å²) in [5, 5.41) is 13.4. The molecule has 0 spiro atoms. The first kappa shape index (κ1) is 22.3. The van der Waals surface area contributed by atoms with Crippen LogP contribution in [0.4, 0.5) is 11.4 Å². The number of hydrogen-bond acceptors (Lipinski definition) is 8. The fourth-order valence-electron chi connectivity index (χ4n) is 2.40. The van der Waals surface area contributed by atoms with E-state index in [-0.39, 0.29) is 28.7 Å². The number of nitrogens with zero attached hydrogens (tertiary/aromatic N) is 1. The Morgan fingerprint density at radius 1 is 1.13 bits per heavy atom. The largest absolute Gasteiger partial charge is 0.493 e. The number of hydrogen-bond donors (Lipinski definition) is 1. The van der Waals surface area contributed by atoms with Gasteiger partial charge < -0.3 is 19.5 Å². The van der Waals surface area contributed by atoms with Gasteiger partial charge in [0.05, 0.1) is 12.0 Å². The summed E-state index contributed by atoms with van der Waals surface area (Å²) < 4.78 is 15.5. The Morgan fingerprint density at radius 3 is 2.47 bits per heavy atom. The number of nitrogens with one attached hydrogen (secondary N) is 1. The lowest BCUT2D eigenvalue weighted by atomic mass is 10.1. The maximum absolute atomic E-state index is 12.2. The van der Waals surface area contributed by atoms with Crippen molar-refractivity contribution in [3.8, 4) is 11.5 Å². The molecule has 10 nitrogen and oxygen atoms in total. The van der Waals surface area contributed by atoms with Gasteiger partial charge >= 0.3 is 5.97 Å². The predicted octanol–water partition coefficient (Wildman–Crippen LogP) is 2.76. The maximum atomic E-state index is 12.2. The Bertz CT molecular complexity index is 973. The smallest absolute Gasteiger partial charge is 0.344 e. The summed E-state index contributed by atoms with van der Waals surface area (Å²) in [6.07, 6.45) is -1.22. The van der Waals surface area contributed by atoms with E-state index in [2.05, 4.69) is 5.32 Å². The lowest BCUT2D eigenvalue weighted by Crippen LogP contribution is -2.31. The summed E-state index contributed by atoms with van der Waals surface area (Å²) in [4.78, 5) is 46.0. The van der Waals surface area contributed by atoms with Crippen molar-refractivity contribution in [1.82, 2.24) is 0 Å². The highest BCUT2D eigenvalue weighted by molar-refractivity contribution is 5.97. The fourth-order valence-corrected chi connectivity index (χ4v) is 2.40. The first-order valence-corrected chi connectivity index (χ1v) is 8.78. The lowest BCUT2D eigenvalue weighted by molar-refractivity contribution is -0.383. The first-order valence-electron chi connectivity index (χ1n) is 8.78.